The van der Waals surface area contributed by atoms with Crippen molar-refractivity contribution >= 4 is 5.91 Å². The van der Waals surface area contributed by atoms with Crippen LogP contribution in [0.5, 0.6) is 0 Å². The maximum absolute atomic E-state index is 12.1. The molecule has 0 bridgehead atoms. The number of ether oxygens (including phenoxy) is 1. The summed E-state index contributed by atoms with van der Waals surface area (Å²) in [5, 5.41) is 12.8. The number of terminal acetylenes is 1. The summed E-state index contributed by atoms with van der Waals surface area (Å²) in [5.41, 5.74) is 0.326. The van der Waals surface area contributed by atoms with E-state index in [-0.39, 0.29) is 19.1 Å². The molecule has 2 atom stereocenters. The molecular formula is C20H32N4O4. The molecule has 8 nitrogen and oxygen atoms in total. The van der Waals surface area contributed by atoms with Crippen LogP contribution >= 0.6 is 0 Å². The van der Waals surface area contributed by atoms with Crippen molar-refractivity contribution in [2.24, 2.45) is 5.92 Å². The molecule has 1 amide bonds. The van der Waals surface area contributed by atoms with Crippen LogP contribution in [0.2, 0.25) is 0 Å². The highest BCUT2D eigenvalue weighted by molar-refractivity contribution is 5.91. The maximum Gasteiger partial charge on any atom is 0.273 e. The summed E-state index contributed by atoms with van der Waals surface area (Å²) in [7, 11) is 0. The number of aromatic nitrogens is 1. The van der Waals surface area contributed by atoms with Gasteiger partial charge in [-0.05, 0) is 5.92 Å². The Morgan fingerprint density at radius 2 is 2.14 bits per heavy atom. The monoisotopic (exact) mass is 392 g/mol. The fourth-order valence-electron chi connectivity index (χ4n) is 2.92. The predicted molar refractivity (Wildman–Crippen MR) is 106 cm³/mol. The maximum atomic E-state index is 12.1. The second-order valence-corrected chi connectivity index (χ2v) is 7.30. The van der Waals surface area contributed by atoms with Crippen molar-refractivity contribution in [2.45, 2.75) is 32.9 Å². The molecule has 0 spiro atoms. The minimum atomic E-state index is -0.539. The van der Waals surface area contributed by atoms with Crippen LogP contribution in [0.1, 0.15) is 36.6 Å². The molecule has 1 aromatic rings. The fourth-order valence-corrected chi connectivity index (χ4v) is 2.92. The molecule has 28 heavy (non-hydrogen) atoms. The molecule has 0 saturated carbocycles. The third kappa shape index (κ3) is 7.60. The lowest BCUT2D eigenvalue weighted by Gasteiger charge is -2.34. The Morgan fingerprint density at radius 1 is 1.43 bits per heavy atom. The van der Waals surface area contributed by atoms with Gasteiger partial charge in [0.05, 0.1) is 19.3 Å². The summed E-state index contributed by atoms with van der Waals surface area (Å²) in [6.07, 6.45) is 7.02. The predicted octanol–water partition coefficient (Wildman–Crippen LogP) is 0.579. The molecule has 1 aromatic heterocycles. The molecule has 0 aliphatic carbocycles. The van der Waals surface area contributed by atoms with E-state index in [0.29, 0.717) is 37.1 Å². The number of oxazole rings is 1. The molecule has 1 saturated heterocycles. The number of nitrogens with zero attached hydrogens (tertiary/aromatic N) is 3. The first-order valence-corrected chi connectivity index (χ1v) is 9.88. The number of piperazine rings is 1. The lowest BCUT2D eigenvalue weighted by Crippen LogP contribution is -2.48. The first-order chi connectivity index (χ1) is 13.5. The number of aliphatic hydroxyl groups is 1. The van der Waals surface area contributed by atoms with Gasteiger partial charge in [0.2, 0.25) is 5.89 Å². The average molecular weight is 393 g/mol. The van der Waals surface area contributed by atoms with E-state index in [2.05, 4.69) is 39.9 Å². The Hall–Kier alpha value is -1.92. The smallest absolute Gasteiger partial charge is 0.273 e. The topological polar surface area (TPSA) is 91.1 Å². The Bertz CT molecular complexity index is 634. The van der Waals surface area contributed by atoms with Gasteiger partial charge in [-0.15, -0.1) is 6.42 Å². The molecule has 2 rings (SSSR count). The van der Waals surface area contributed by atoms with Gasteiger partial charge in [-0.25, -0.2) is 4.98 Å². The summed E-state index contributed by atoms with van der Waals surface area (Å²) in [5.74, 6) is 3.18. The molecule has 1 aliphatic heterocycles. The number of hydrogen-bond acceptors (Lipinski definition) is 7. The highest BCUT2D eigenvalue weighted by atomic mass is 16.5. The third-order valence-electron chi connectivity index (χ3n) is 4.88. The van der Waals surface area contributed by atoms with Crippen LogP contribution in [0, 0.1) is 18.3 Å². The number of amides is 1. The summed E-state index contributed by atoms with van der Waals surface area (Å²) in [6.45, 7) is 9.81. The SMILES string of the molecule is C#CCOCC(O)CN1CCN(Cc2nc(C(=O)NCC(C)CC)co2)CC1. The zero-order chi connectivity index (χ0) is 20.4. The summed E-state index contributed by atoms with van der Waals surface area (Å²) in [6, 6.07) is 0. The molecule has 8 heteroatoms. The van der Waals surface area contributed by atoms with Crippen molar-refractivity contribution in [1.29, 1.82) is 0 Å². The van der Waals surface area contributed by atoms with Crippen LogP contribution in [-0.4, -0.2) is 84.4 Å². The zero-order valence-electron chi connectivity index (χ0n) is 16.9. The Kier molecular flexibility index (Phi) is 9.44. The molecule has 2 heterocycles. The Balaban J connectivity index is 1.70. The van der Waals surface area contributed by atoms with Gasteiger partial charge in [0.1, 0.15) is 12.9 Å². The van der Waals surface area contributed by atoms with Crippen molar-refractivity contribution in [3.63, 3.8) is 0 Å². The second kappa shape index (κ2) is 11.8. The van der Waals surface area contributed by atoms with Gasteiger partial charge < -0.3 is 19.6 Å². The van der Waals surface area contributed by atoms with Crippen LogP contribution in [0.4, 0.5) is 0 Å². The first-order valence-electron chi connectivity index (χ1n) is 9.88. The number of carbonyl (C=O) groups excluding carboxylic acids is 1. The van der Waals surface area contributed by atoms with E-state index >= 15 is 0 Å². The standard InChI is InChI=1S/C20H32N4O4/c1-4-10-27-14-17(25)12-23-6-8-24(9-7-23)13-19-22-18(15-28-19)20(26)21-11-16(3)5-2/h1,15-17,25H,5-14H2,2-3H3,(H,21,26). The molecule has 0 radical (unpaired) electrons. The summed E-state index contributed by atoms with van der Waals surface area (Å²) < 4.78 is 10.6. The van der Waals surface area contributed by atoms with Crippen LogP contribution in [0.25, 0.3) is 0 Å². The van der Waals surface area contributed by atoms with Crippen molar-refractivity contribution in [3.8, 4) is 12.3 Å². The van der Waals surface area contributed by atoms with E-state index in [1.54, 1.807) is 0 Å². The molecule has 2 unspecified atom stereocenters. The zero-order valence-corrected chi connectivity index (χ0v) is 16.9. The lowest BCUT2D eigenvalue weighted by molar-refractivity contribution is 0.0146. The highest BCUT2D eigenvalue weighted by Gasteiger charge is 2.21. The van der Waals surface area contributed by atoms with Crippen LogP contribution in [0.15, 0.2) is 10.7 Å². The molecular weight excluding hydrogens is 360 g/mol. The van der Waals surface area contributed by atoms with Crippen molar-refractivity contribution in [1.82, 2.24) is 20.1 Å². The van der Waals surface area contributed by atoms with Gasteiger partial charge in [0.25, 0.3) is 5.91 Å². The average Bonchev–Trinajstić information content (AvgIpc) is 3.16. The lowest BCUT2D eigenvalue weighted by atomic mass is 10.1. The number of carbonyl (C=O) groups is 1. The van der Waals surface area contributed by atoms with Gasteiger partial charge in [0, 0.05) is 39.3 Å². The van der Waals surface area contributed by atoms with Crippen molar-refractivity contribution < 1.29 is 19.1 Å². The fraction of sp³-hybridized carbons (Fsp3) is 0.700. The Morgan fingerprint density at radius 3 is 2.82 bits per heavy atom. The first kappa shape index (κ1) is 22.4. The summed E-state index contributed by atoms with van der Waals surface area (Å²) in [4.78, 5) is 20.8. The number of hydrogen-bond donors (Lipinski definition) is 2. The van der Waals surface area contributed by atoms with Crippen LogP contribution in [0.3, 0.4) is 0 Å². The number of rotatable bonds is 11. The highest BCUT2D eigenvalue weighted by Crippen LogP contribution is 2.10. The molecule has 1 aliphatic rings. The second-order valence-electron chi connectivity index (χ2n) is 7.30. The minimum Gasteiger partial charge on any atom is -0.447 e. The largest absolute Gasteiger partial charge is 0.447 e. The van der Waals surface area contributed by atoms with E-state index in [9.17, 15) is 9.90 Å². The van der Waals surface area contributed by atoms with E-state index in [4.69, 9.17) is 15.6 Å². The molecule has 0 aromatic carbocycles. The van der Waals surface area contributed by atoms with Gasteiger partial charge in [-0.1, -0.05) is 26.2 Å². The normalized spacial score (nSPS) is 17.8. The van der Waals surface area contributed by atoms with E-state index in [1.807, 2.05) is 0 Å². The number of β-amino-alcohol motifs (C(OH)–C–C–N with tert-alkyl or cyclic N) is 1. The number of aliphatic hydroxyl groups excluding tert-OH is 1. The van der Waals surface area contributed by atoms with Gasteiger partial charge in [-0.3, -0.25) is 14.6 Å². The third-order valence-corrected chi connectivity index (χ3v) is 4.88. The minimum absolute atomic E-state index is 0.193. The van der Waals surface area contributed by atoms with E-state index in [1.165, 1.54) is 6.26 Å². The van der Waals surface area contributed by atoms with Crippen molar-refractivity contribution in [2.75, 3.05) is 52.5 Å². The van der Waals surface area contributed by atoms with E-state index < -0.39 is 6.10 Å². The van der Waals surface area contributed by atoms with Crippen molar-refractivity contribution in [3.05, 3.63) is 17.8 Å². The number of nitrogens with one attached hydrogen (secondary N) is 1. The Labute approximate surface area is 167 Å². The van der Waals surface area contributed by atoms with Crippen LogP contribution in [-0.2, 0) is 11.3 Å². The molecule has 1 fully saturated rings. The molecule has 156 valence electrons. The van der Waals surface area contributed by atoms with Crippen LogP contribution < -0.4 is 5.32 Å². The molecule has 2 N–H and O–H groups in total. The van der Waals surface area contributed by atoms with Gasteiger partial charge in [0.15, 0.2) is 5.69 Å². The van der Waals surface area contributed by atoms with Gasteiger partial charge in [-0.2, -0.15) is 0 Å². The van der Waals surface area contributed by atoms with E-state index in [0.717, 1.165) is 32.6 Å². The quantitative estimate of drug-likeness (QED) is 0.420. The summed E-state index contributed by atoms with van der Waals surface area (Å²) >= 11 is 0. The van der Waals surface area contributed by atoms with Gasteiger partial charge >= 0.3 is 0 Å².